The lowest BCUT2D eigenvalue weighted by Gasteiger charge is -2.34. The second kappa shape index (κ2) is 4.98. The smallest absolute Gasteiger partial charge is 0.138 e. The molecule has 0 aliphatic carbocycles. The first kappa shape index (κ1) is 12.6. The van der Waals surface area contributed by atoms with Gasteiger partial charge in [-0.15, -0.1) is 0 Å². The van der Waals surface area contributed by atoms with Crippen LogP contribution in [0.25, 0.3) is 21.9 Å². The lowest BCUT2D eigenvalue weighted by molar-refractivity contribution is 0.316. The lowest BCUT2D eigenvalue weighted by atomic mass is 9.98. The van der Waals surface area contributed by atoms with E-state index in [9.17, 15) is 4.39 Å². The first-order chi connectivity index (χ1) is 10.4. The van der Waals surface area contributed by atoms with E-state index in [1.54, 1.807) is 6.20 Å². The minimum atomic E-state index is -0.235. The minimum absolute atomic E-state index is 0.144. The predicted molar refractivity (Wildman–Crippen MR) is 82.3 cm³/mol. The van der Waals surface area contributed by atoms with Gasteiger partial charge in [0.15, 0.2) is 0 Å². The zero-order valence-corrected chi connectivity index (χ0v) is 11.7. The lowest BCUT2D eigenvalue weighted by Crippen LogP contribution is -2.36. The largest absolute Gasteiger partial charge is 0.371 e. The van der Waals surface area contributed by atoms with Crippen LogP contribution in [-0.2, 0) is 0 Å². The van der Waals surface area contributed by atoms with Crippen molar-refractivity contribution >= 4 is 27.6 Å². The predicted octanol–water partition coefficient (Wildman–Crippen LogP) is 3.30. The van der Waals surface area contributed by atoms with E-state index >= 15 is 0 Å². The second-order valence-corrected chi connectivity index (χ2v) is 5.70. The van der Waals surface area contributed by atoms with E-state index in [0.29, 0.717) is 0 Å². The van der Waals surface area contributed by atoms with Crippen molar-refractivity contribution in [3.8, 4) is 0 Å². The quantitative estimate of drug-likeness (QED) is 0.785. The molecule has 1 atom stereocenters. The number of piperidine rings is 1. The van der Waals surface area contributed by atoms with Gasteiger partial charge in [-0.25, -0.2) is 4.98 Å². The summed E-state index contributed by atoms with van der Waals surface area (Å²) in [6.45, 7) is 1.52. The number of hydrogen-bond acceptors (Lipinski definition) is 3. The maximum Gasteiger partial charge on any atom is 0.138 e. The molecule has 4 heterocycles. The Morgan fingerprint density at radius 1 is 1.33 bits per heavy atom. The normalized spacial score (nSPS) is 19.5. The maximum atomic E-state index is 13.0. The fourth-order valence-corrected chi connectivity index (χ4v) is 3.31. The number of aromatic nitrogens is 3. The number of H-pyrrole nitrogens is 1. The van der Waals surface area contributed by atoms with Gasteiger partial charge < -0.3 is 9.88 Å². The number of alkyl halides is 1. The van der Waals surface area contributed by atoms with Crippen molar-refractivity contribution in [2.75, 3.05) is 24.7 Å². The number of anilines is 1. The summed E-state index contributed by atoms with van der Waals surface area (Å²) in [5, 5.41) is 2.20. The van der Waals surface area contributed by atoms with Gasteiger partial charge in [0.1, 0.15) is 5.65 Å². The molecule has 0 spiro atoms. The summed E-state index contributed by atoms with van der Waals surface area (Å²) in [6.07, 6.45) is 7.54. The molecule has 0 radical (unpaired) electrons. The molecular formula is C16H17FN4. The molecule has 4 nitrogen and oxygen atoms in total. The number of fused-ring (bicyclic) bond motifs is 3. The van der Waals surface area contributed by atoms with Crippen LogP contribution in [0.5, 0.6) is 0 Å². The van der Waals surface area contributed by atoms with Crippen molar-refractivity contribution in [3.63, 3.8) is 0 Å². The highest BCUT2D eigenvalue weighted by Crippen LogP contribution is 2.33. The molecule has 1 aliphatic rings. The third-order valence-electron chi connectivity index (χ3n) is 4.35. The van der Waals surface area contributed by atoms with Crippen LogP contribution in [0.4, 0.5) is 10.1 Å². The van der Waals surface area contributed by atoms with Crippen LogP contribution in [-0.4, -0.2) is 34.7 Å². The van der Waals surface area contributed by atoms with E-state index in [4.69, 9.17) is 0 Å². The van der Waals surface area contributed by atoms with Crippen molar-refractivity contribution < 1.29 is 4.39 Å². The highest BCUT2D eigenvalue weighted by Gasteiger charge is 2.22. The van der Waals surface area contributed by atoms with Gasteiger partial charge in [-0.1, -0.05) is 0 Å². The Morgan fingerprint density at radius 3 is 3.19 bits per heavy atom. The van der Waals surface area contributed by atoms with Gasteiger partial charge in [-0.2, -0.15) is 0 Å². The first-order valence-electron chi connectivity index (χ1n) is 7.38. The summed E-state index contributed by atoms with van der Waals surface area (Å²) >= 11 is 0. The summed E-state index contributed by atoms with van der Waals surface area (Å²) in [5.74, 6) is 0.144. The topological polar surface area (TPSA) is 44.8 Å². The van der Waals surface area contributed by atoms with Gasteiger partial charge in [-0.3, -0.25) is 9.37 Å². The summed E-state index contributed by atoms with van der Waals surface area (Å²) in [4.78, 5) is 14.3. The Morgan fingerprint density at radius 2 is 2.29 bits per heavy atom. The number of aromatic amines is 1. The van der Waals surface area contributed by atoms with Gasteiger partial charge in [0.2, 0.25) is 0 Å². The van der Waals surface area contributed by atoms with E-state index in [1.807, 2.05) is 24.5 Å². The van der Waals surface area contributed by atoms with Crippen molar-refractivity contribution in [2.45, 2.75) is 12.8 Å². The average Bonchev–Trinajstić information content (AvgIpc) is 3.03. The summed E-state index contributed by atoms with van der Waals surface area (Å²) in [6, 6.07) is 4.07. The highest BCUT2D eigenvalue weighted by molar-refractivity contribution is 6.09. The van der Waals surface area contributed by atoms with E-state index in [2.05, 4.69) is 19.9 Å². The summed E-state index contributed by atoms with van der Waals surface area (Å²) in [7, 11) is 0. The average molecular weight is 284 g/mol. The standard InChI is InChI=1S/C16H17FN4/c17-8-11-2-1-7-21(10-11)14-4-6-18-13-9-20-16-12(15(13)14)3-5-19-16/h3-6,9,11H,1-2,7-8,10H2,(H,19,20). The fraction of sp³-hybridized carbons (Fsp3) is 0.375. The molecule has 21 heavy (non-hydrogen) atoms. The number of nitrogens with one attached hydrogen (secondary N) is 1. The summed E-state index contributed by atoms with van der Waals surface area (Å²) in [5.41, 5.74) is 2.91. The Hall–Kier alpha value is -2.17. The Balaban J connectivity index is 1.89. The van der Waals surface area contributed by atoms with Crippen molar-refractivity contribution in [1.29, 1.82) is 0 Å². The Kier molecular flexibility index (Phi) is 2.98. The van der Waals surface area contributed by atoms with Crippen LogP contribution < -0.4 is 4.90 Å². The van der Waals surface area contributed by atoms with E-state index in [1.165, 1.54) is 0 Å². The molecule has 4 rings (SSSR count). The van der Waals surface area contributed by atoms with Gasteiger partial charge >= 0.3 is 0 Å². The third kappa shape index (κ3) is 2.04. The molecule has 3 aromatic heterocycles. The SMILES string of the molecule is FCC1CCCN(c2ccnc3cnc4[nH]ccc4c23)C1. The first-order valence-corrected chi connectivity index (χ1v) is 7.38. The molecule has 5 heteroatoms. The van der Waals surface area contributed by atoms with Crippen molar-refractivity contribution in [3.05, 3.63) is 30.7 Å². The van der Waals surface area contributed by atoms with Gasteiger partial charge in [0.25, 0.3) is 0 Å². The molecule has 1 unspecified atom stereocenters. The minimum Gasteiger partial charge on any atom is -0.371 e. The molecular weight excluding hydrogens is 267 g/mol. The number of nitrogens with zero attached hydrogens (tertiary/aromatic N) is 3. The summed E-state index contributed by atoms with van der Waals surface area (Å²) < 4.78 is 13.0. The molecule has 1 fully saturated rings. The second-order valence-electron chi connectivity index (χ2n) is 5.70. The third-order valence-corrected chi connectivity index (χ3v) is 4.35. The van der Waals surface area contributed by atoms with Crippen molar-refractivity contribution in [1.82, 2.24) is 15.0 Å². The van der Waals surface area contributed by atoms with E-state index < -0.39 is 0 Å². The van der Waals surface area contributed by atoms with Crippen LogP contribution in [0.1, 0.15) is 12.8 Å². The monoisotopic (exact) mass is 284 g/mol. The fourth-order valence-electron chi connectivity index (χ4n) is 3.31. The number of halogens is 1. The van der Waals surface area contributed by atoms with Crippen LogP contribution in [0.15, 0.2) is 30.7 Å². The molecule has 1 saturated heterocycles. The molecule has 3 aromatic rings. The van der Waals surface area contributed by atoms with Crippen LogP contribution in [0, 0.1) is 5.92 Å². The molecule has 0 bridgehead atoms. The van der Waals surface area contributed by atoms with Gasteiger partial charge in [-0.05, 0) is 25.0 Å². The van der Waals surface area contributed by atoms with E-state index in [0.717, 1.165) is 53.6 Å². The Labute approximate surface area is 122 Å². The zero-order chi connectivity index (χ0) is 14.2. The van der Waals surface area contributed by atoms with Crippen LogP contribution in [0.3, 0.4) is 0 Å². The Bertz CT molecular complexity index is 782. The number of rotatable bonds is 2. The molecule has 0 saturated carbocycles. The van der Waals surface area contributed by atoms with Gasteiger partial charge in [0, 0.05) is 47.9 Å². The number of pyridine rings is 2. The highest BCUT2D eigenvalue weighted by atomic mass is 19.1. The van der Waals surface area contributed by atoms with E-state index in [-0.39, 0.29) is 12.6 Å². The van der Waals surface area contributed by atoms with Crippen LogP contribution >= 0.6 is 0 Å². The maximum absolute atomic E-state index is 13.0. The van der Waals surface area contributed by atoms with Crippen molar-refractivity contribution in [2.24, 2.45) is 5.92 Å². The molecule has 1 aliphatic heterocycles. The van der Waals surface area contributed by atoms with Gasteiger partial charge in [0.05, 0.1) is 18.4 Å². The molecule has 0 amide bonds. The molecule has 108 valence electrons. The molecule has 0 aromatic carbocycles. The zero-order valence-electron chi connectivity index (χ0n) is 11.7. The van der Waals surface area contributed by atoms with Crippen LogP contribution in [0.2, 0.25) is 0 Å². The number of hydrogen-bond donors (Lipinski definition) is 1. The molecule has 1 N–H and O–H groups in total.